The molecule has 5 nitrogen and oxygen atoms in total. The highest BCUT2D eigenvalue weighted by atomic mass is 16.6. The molecule has 116 valence electrons. The third-order valence-corrected chi connectivity index (χ3v) is 3.10. The summed E-state index contributed by atoms with van der Waals surface area (Å²) in [5.41, 5.74) is -0.460. The lowest BCUT2D eigenvalue weighted by Crippen LogP contribution is -2.55. The highest BCUT2D eigenvalue weighted by Gasteiger charge is 2.27. The zero-order valence-electron chi connectivity index (χ0n) is 13.0. The van der Waals surface area contributed by atoms with Crippen LogP contribution in [0, 0.1) is 0 Å². The van der Waals surface area contributed by atoms with E-state index in [2.05, 4.69) is 5.32 Å². The summed E-state index contributed by atoms with van der Waals surface area (Å²) in [5, 5.41) is 3.36. The van der Waals surface area contributed by atoms with Gasteiger partial charge in [-0.05, 0) is 32.9 Å². The molecule has 2 rings (SSSR count). The molecule has 0 saturated carbocycles. The van der Waals surface area contributed by atoms with Crippen molar-refractivity contribution in [2.24, 2.45) is 0 Å². The van der Waals surface area contributed by atoms with E-state index in [1.807, 2.05) is 51.1 Å². The summed E-state index contributed by atoms with van der Waals surface area (Å²) < 4.78 is 11.1. The highest BCUT2D eigenvalue weighted by molar-refractivity contribution is 5.68. The molecule has 1 N–H and O–H groups in total. The van der Waals surface area contributed by atoms with E-state index in [0.717, 1.165) is 12.3 Å². The van der Waals surface area contributed by atoms with Crippen LogP contribution in [0.1, 0.15) is 20.8 Å². The molecule has 1 atom stereocenters. The number of carbonyl (C=O) groups excluding carboxylic acids is 1. The molecule has 1 heterocycles. The van der Waals surface area contributed by atoms with Crippen LogP contribution in [0.5, 0.6) is 5.75 Å². The Kier molecular flexibility index (Phi) is 5.07. The van der Waals surface area contributed by atoms with Crippen molar-refractivity contribution in [3.8, 4) is 5.75 Å². The Hall–Kier alpha value is -1.75. The van der Waals surface area contributed by atoms with Crippen LogP contribution in [-0.4, -0.2) is 48.9 Å². The third-order valence-electron chi connectivity index (χ3n) is 3.10. The van der Waals surface area contributed by atoms with E-state index in [4.69, 9.17) is 9.47 Å². The number of rotatable bonds is 3. The number of nitrogens with one attached hydrogen (secondary N) is 1. The van der Waals surface area contributed by atoms with Gasteiger partial charge >= 0.3 is 6.09 Å². The van der Waals surface area contributed by atoms with Crippen LogP contribution in [0.3, 0.4) is 0 Å². The molecule has 1 amide bonds. The molecular formula is C16H24N2O3. The quantitative estimate of drug-likeness (QED) is 0.928. The number of hydrogen-bond donors (Lipinski definition) is 1. The minimum Gasteiger partial charge on any atom is -0.492 e. The van der Waals surface area contributed by atoms with Crippen LogP contribution >= 0.6 is 0 Å². The van der Waals surface area contributed by atoms with E-state index < -0.39 is 5.60 Å². The van der Waals surface area contributed by atoms with Gasteiger partial charge in [-0.25, -0.2) is 4.79 Å². The van der Waals surface area contributed by atoms with Gasteiger partial charge in [0.15, 0.2) is 0 Å². The first-order valence-corrected chi connectivity index (χ1v) is 7.33. The average Bonchev–Trinajstić information content (AvgIpc) is 2.45. The van der Waals surface area contributed by atoms with Crippen LogP contribution < -0.4 is 10.1 Å². The molecule has 1 unspecified atom stereocenters. The van der Waals surface area contributed by atoms with Crippen molar-refractivity contribution >= 4 is 6.09 Å². The summed E-state index contributed by atoms with van der Waals surface area (Å²) in [6.45, 7) is 8.18. The summed E-state index contributed by atoms with van der Waals surface area (Å²) in [5.74, 6) is 0.841. The van der Waals surface area contributed by atoms with Crippen LogP contribution in [0.4, 0.5) is 4.79 Å². The van der Waals surface area contributed by atoms with Gasteiger partial charge < -0.3 is 19.7 Å². The Balaban J connectivity index is 1.82. The van der Waals surface area contributed by atoms with E-state index in [-0.39, 0.29) is 12.1 Å². The zero-order chi connectivity index (χ0) is 15.3. The van der Waals surface area contributed by atoms with Crippen molar-refractivity contribution in [3.05, 3.63) is 30.3 Å². The fraction of sp³-hybridized carbons (Fsp3) is 0.562. The molecule has 1 aromatic carbocycles. The number of benzene rings is 1. The summed E-state index contributed by atoms with van der Waals surface area (Å²) in [6, 6.07) is 9.80. The van der Waals surface area contributed by atoms with E-state index in [1.165, 1.54) is 0 Å². The van der Waals surface area contributed by atoms with Crippen LogP contribution in [-0.2, 0) is 4.74 Å². The maximum atomic E-state index is 12.1. The van der Waals surface area contributed by atoms with Crippen molar-refractivity contribution in [1.29, 1.82) is 0 Å². The first-order valence-electron chi connectivity index (χ1n) is 7.33. The minimum atomic E-state index is -0.460. The molecule has 5 heteroatoms. The lowest BCUT2D eigenvalue weighted by atomic mass is 10.2. The van der Waals surface area contributed by atoms with Crippen molar-refractivity contribution in [1.82, 2.24) is 10.2 Å². The SMILES string of the molecule is CC(C)(C)OC(=O)N1CCNC(COc2ccccc2)C1. The van der Waals surface area contributed by atoms with Gasteiger partial charge in [0.25, 0.3) is 0 Å². The number of piperazine rings is 1. The van der Waals surface area contributed by atoms with E-state index in [9.17, 15) is 4.79 Å². The summed E-state index contributed by atoms with van der Waals surface area (Å²) >= 11 is 0. The van der Waals surface area contributed by atoms with Crippen molar-refractivity contribution < 1.29 is 14.3 Å². The first kappa shape index (κ1) is 15.6. The van der Waals surface area contributed by atoms with Gasteiger partial charge in [-0.3, -0.25) is 0 Å². The van der Waals surface area contributed by atoms with E-state index >= 15 is 0 Å². The van der Waals surface area contributed by atoms with Gasteiger partial charge in [-0.2, -0.15) is 0 Å². The number of nitrogens with zero attached hydrogens (tertiary/aromatic N) is 1. The Morgan fingerprint density at radius 2 is 2.05 bits per heavy atom. The predicted molar refractivity (Wildman–Crippen MR) is 81.5 cm³/mol. The fourth-order valence-electron chi connectivity index (χ4n) is 2.14. The van der Waals surface area contributed by atoms with Gasteiger partial charge in [0, 0.05) is 19.6 Å². The second-order valence-corrected chi connectivity index (χ2v) is 6.20. The second-order valence-electron chi connectivity index (χ2n) is 6.20. The summed E-state index contributed by atoms with van der Waals surface area (Å²) in [7, 11) is 0. The smallest absolute Gasteiger partial charge is 0.410 e. The molecule has 0 bridgehead atoms. The Labute approximate surface area is 126 Å². The van der Waals surface area contributed by atoms with Crippen LogP contribution in [0.25, 0.3) is 0 Å². The molecule has 1 aliphatic heterocycles. The van der Waals surface area contributed by atoms with Gasteiger partial charge in [-0.15, -0.1) is 0 Å². The Bertz CT molecular complexity index is 456. The summed E-state index contributed by atoms with van der Waals surface area (Å²) in [6.07, 6.45) is -0.256. The highest BCUT2D eigenvalue weighted by Crippen LogP contribution is 2.13. The number of ether oxygens (including phenoxy) is 2. The molecule has 1 aliphatic rings. The maximum absolute atomic E-state index is 12.1. The first-order chi connectivity index (χ1) is 9.94. The molecule has 1 saturated heterocycles. The molecule has 0 spiro atoms. The zero-order valence-corrected chi connectivity index (χ0v) is 13.0. The Morgan fingerprint density at radius 3 is 2.71 bits per heavy atom. The van der Waals surface area contributed by atoms with Crippen molar-refractivity contribution in [2.45, 2.75) is 32.4 Å². The average molecular weight is 292 g/mol. The van der Waals surface area contributed by atoms with Crippen molar-refractivity contribution in [3.63, 3.8) is 0 Å². The fourth-order valence-corrected chi connectivity index (χ4v) is 2.14. The lowest BCUT2D eigenvalue weighted by molar-refractivity contribution is 0.0178. The maximum Gasteiger partial charge on any atom is 0.410 e. The number of carbonyl (C=O) groups is 1. The number of amides is 1. The van der Waals surface area contributed by atoms with Gasteiger partial charge in [-0.1, -0.05) is 18.2 Å². The normalized spacial score (nSPS) is 19.2. The third kappa shape index (κ3) is 5.27. The standard InChI is InChI=1S/C16H24N2O3/c1-16(2,3)21-15(19)18-10-9-17-13(11-18)12-20-14-7-5-4-6-8-14/h4-8,13,17H,9-12H2,1-3H3. The molecule has 1 fully saturated rings. The van der Waals surface area contributed by atoms with Crippen molar-refractivity contribution in [2.75, 3.05) is 26.2 Å². The molecule has 0 radical (unpaired) electrons. The summed E-state index contributed by atoms with van der Waals surface area (Å²) in [4.78, 5) is 13.8. The number of para-hydroxylation sites is 1. The molecular weight excluding hydrogens is 268 g/mol. The monoisotopic (exact) mass is 292 g/mol. The molecule has 0 aliphatic carbocycles. The number of hydrogen-bond acceptors (Lipinski definition) is 4. The molecule has 0 aromatic heterocycles. The van der Waals surface area contributed by atoms with E-state index in [0.29, 0.717) is 19.7 Å². The van der Waals surface area contributed by atoms with Crippen LogP contribution in [0.2, 0.25) is 0 Å². The second kappa shape index (κ2) is 6.80. The van der Waals surface area contributed by atoms with Gasteiger partial charge in [0.1, 0.15) is 18.0 Å². The van der Waals surface area contributed by atoms with Crippen LogP contribution in [0.15, 0.2) is 30.3 Å². The largest absolute Gasteiger partial charge is 0.492 e. The minimum absolute atomic E-state index is 0.117. The predicted octanol–water partition coefficient (Wildman–Crippen LogP) is 2.27. The topological polar surface area (TPSA) is 50.8 Å². The van der Waals surface area contributed by atoms with Gasteiger partial charge in [0.05, 0.1) is 6.04 Å². The Morgan fingerprint density at radius 1 is 1.33 bits per heavy atom. The molecule has 21 heavy (non-hydrogen) atoms. The molecule has 1 aromatic rings. The lowest BCUT2D eigenvalue weighted by Gasteiger charge is -2.34. The van der Waals surface area contributed by atoms with Gasteiger partial charge in [0.2, 0.25) is 0 Å². The van der Waals surface area contributed by atoms with E-state index in [1.54, 1.807) is 4.90 Å².